The molecule has 1 nitrogen and oxygen atoms in total. The first kappa shape index (κ1) is 36.9. The predicted octanol–water partition coefficient (Wildman–Crippen LogP) is -12.6. The van der Waals surface area contributed by atoms with Crippen molar-refractivity contribution in [3.63, 3.8) is 0 Å². The van der Waals surface area contributed by atoms with Gasteiger partial charge < -0.3 is 3.43 Å². The van der Waals surface area contributed by atoms with Crippen molar-refractivity contribution in [1.29, 1.82) is 0 Å². The maximum atomic E-state index is 8.81. The summed E-state index contributed by atoms with van der Waals surface area (Å²) in [5, 5.41) is 0. The van der Waals surface area contributed by atoms with Crippen LogP contribution in [0.3, 0.4) is 0 Å². The fourth-order valence-electron chi connectivity index (χ4n) is 5.40. The van der Waals surface area contributed by atoms with Crippen LogP contribution in [-0.2, 0) is 0 Å². The molecule has 115 valence electrons. The smallest absolute Gasteiger partial charge is 0.129 e. The maximum Gasteiger partial charge on any atom is 0.129 e. The molecule has 36 heteroatoms. The third kappa shape index (κ3) is 10.6. The summed E-state index contributed by atoms with van der Waals surface area (Å²) in [4.78, 5) is 0. The van der Waals surface area contributed by atoms with E-state index in [1.54, 1.807) is 22.9 Å². The number of rotatable bonds is 17. The Bertz CT molecular complexity index is 551. The van der Waals surface area contributed by atoms with E-state index in [0.717, 1.165) is 3.43 Å². The van der Waals surface area contributed by atoms with E-state index in [1.807, 2.05) is 0 Å². The maximum absolute atomic E-state index is 8.81. The highest BCUT2D eigenvalue weighted by Gasteiger charge is 2.55. The summed E-state index contributed by atoms with van der Waals surface area (Å²) < 4.78 is 9.84. The highest BCUT2D eigenvalue weighted by Crippen LogP contribution is 2.15. The van der Waals surface area contributed by atoms with Crippen molar-refractivity contribution in [1.82, 2.24) is 3.43 Å². The van der Waals surface area contributed by atoms with Crippen LogP contribution in [0.4, 0.5) is 0 Å². The summed E-state index contributed by atoms with van der Waals surface area (Å²) >= 11 is 1.71. The van der Waals surface area contributed by atoms with Gasteiger partial charge in [0.05, 0.1) is 0 Å². The molecule has 1 N–H and O–H groups in total. The summed E-state index contributed by atoms with van der Waals surface area (Å²) in [6, 6.07) is 0. The zero-order valence-electron chi connectivity index (χ0n) is 21.5. The van der Waals surface area contributed by atoms with Crippen molar-refractivity contribution in [2.24, 2.45) is 0 Å². The van der Waals surface area contributed by atoms with Gasteiger partial charge in [0.15, 0.2) is 0 Å². The van der Waals surface area contributed by atoms with Crippen molar-refractivity contribution < 1.29 is 1.41 Å². The number of hydrogen-bond acceptors (Lipinski definition) is 1. The summed E-state index contributed by atoms with van der Waals surface area (Å²) in [7, 11) is 106. The third-order valence-corrected chi connectivity index (χ3v) is 7.54. The fraction of sp³-hybridized carbons (Fsp3) is 0. The van der Waals surface area contributed by atoms with Crippen LogP contribution >= 0.6 is 22.9 Å². The van der Waals surface area contributed by atoms with Crippen molar-refractivity contribution in [2.45, 2.75) is 0 Å². The minimum absolute atomic E-state index is 0.836. The van der Waals surface area contributed by atoms with Crippen LogP contribution in [0.15, 0.2) is 0 Å². The molecule has 0 amide bonds. The van der Waals surface area contributed by atoms with E-state index >= 15 is 0 Å². The first-order chi connectivity index (χ1) is 16.8. The van der Waals surface area contributed by atoms with E-state index in [9.17, 15) is 0 Å². The molecule has 35 radical (unpaired) electrons. The number of nitrogens with one attached hydrogen (secondary N) is 1. The molecule has 0 saturated carbocycles. The summed E-state index contributed by atoms with van der Waals surface area (Å²) in [5.41, 5.74) is 0. The van der Waals surface area contributed by atoms with E-state index in [2.05, 4.69) is 0 Å². The van der Waals surface area contributed by atoms with Crippen LogP contribution < -0.4 is 3.43 Å². The lowest BCUT2D eigenvalue weighted by atomic mass is 8.34. The predicted molar refractivity (Wildman–Crippen MR) is 213 cm³/mol. The van der Waals surface area contributed by atoms with Crippen LogP contribution in [0.1, 0.15) is 0 Å². The lowest BCUT2D eigenvalue weighted by Crippen LogP contribution is -2.89. The zero-order valence-corrected chi connectivity index (χ0v) is 22.6. The Morgan fingerprint density at radius 2 is 0.694 bits per heavy atom. The van der Waals surface area contributed by atoms with Gasteiger partial charge in [-0.25, -0.2) is 0 Å². The molecule has 0 aliphatic carbocycles. The van der Waals surface area contributed by atoms with Gasteiger partial charge in [0, 0.05) is 257 Å². The molecule has 0 aromatic rings. The van der Waals surface area contributed by atoms with Crippen LogP contribution in [0.2, 0.25) is 1.41 Å². The first-order valence-corrected chi connectivity index (χ1v) is 12.4. The molecule has 0 unspecified atom stereocenters. The van der Waals surface area contributed by atoms with Crippen molar-refractivity contribution >= 4 is 264 Å². The van der Waals surface area contributed by atoms with E-state index in [1.165, 1.54) is 7.06 Å². The van der Waals surface area contributed by atoms with Gasteiger partial charge in [0.1, 0.15) is 8.04 Å². The van der Waals surface area contributed by atoms with Gasteiger partial charge in [-0.3, -0.25) is 0 Å². The third-order valence-electron chi connectivity index (χ3n) is 6.90. The number of hydrogen-bond donors (Lipinski definition) is 1. The van der Waals surface area contributed by atoms with E-state index in [-0.39, 0.29) is 0 Å². The Morgan fingerprint density at radius 1 is 0.444 bits per heavy atom. The summed E-state index contributed by atoms with van der Waals surface area (Å²) in [5.74, 6) is 0. The van der Waals surface area contributed by atoms with Gasteiger partial charge in [-0.15, -0.1) is 0 Å². The highest BCUT2D eigenvalue weighted by molar-refractivity contribution is 14.1. The molecule has 0 aliphatic heterocycles. The lowest BCUT2D eigenvalue weighted by Gasteiger charge is -2.49. The fourth-order valence-corrected chi connectivity index (χ4v) is 6.15. The standard InChI is InChI=1S/B34HIN/c1-18-27(19(2)3)31(26(16)17)33(30(24(12)13)25(14)15)34(36-35)32(28(20(4)5)21(6)7)29(22(8)9)23(10)11/h36H/i/hT. The number of halogens is 1. The first-order valence-electron chi connectivity index (χ1n) is 11.9. The van der Waals surface area contributed by atoms with Gasteiger partial charge >= 0.3 is 0 Å². The minimum atomic E-state index is -1.15. The molecule has 0 aliphatic rings. The Morgan fingerprint density at radius 3 is 0.861 bits per heavy atom. The average molecular weight is 512 g/mol. The zero-order chi connectivity index (χ0) is 29.5. The van der Waals surface area contributed by atoms with E-state index in [4.69, 9.17) is 133 Å². The molecule has 0 aromatic carbocycles. The Kier molecular flexibility index (Phi) is 18.9. The molecular formula is HB34IN. The molecule has 36 heavy (non-hydrogen) atoms. The molecule has 0 aromatic heterocycles. The van der Waals surface area contributed by atoms with Gasteiger partial charge in [0.25, 0.3) is 0 Å². The highest BCUT2D eigenvalue weighted by atomic mass is 127. The van der Waals surface area contributed by atoms with Gasteiger partial charge in [0.2, 0.25) is 0 Å². The van der Waals surface area contributed by atoms with E-state index in [0.29, 0.717) is 0 Å². The van der Waals surface area contributed by atoms with Crippen molar-refractivity contribution in [3.8, 4) is 0 Å². The van der Waals surface area contributed by atoms with Gasteiger partial charge in [-0.1, -0.05) is 0 Å². The van der Waals surface area contributed by atoms with Crippen molar-refractivity contribution in [2.75, 3.05) is 0 Å². The normalized spacial score (nSPS) is 10.1. The molecule has 0 heterocycles. The van der Waals surface area contributed by atoms with Crippen LogP contribution in [-0.4, -0.2) is 241 Å². The van der Waals surface area contributed by atoms with Crippen LogP contribution in [0, 0.1) is 0 Å². The van der Waals surface area contributed by atoms with Crippen LogP contribution in [0.5, 0.6) is 0 Å². The second-order valence-electron chi connectivity index (χ2n) is 9.44. The summed E-state index contributed by atoms with van der Waals surface area (Å²) in [6.45, 7) is -1.07. The quantitative estimate of drug-likeness (QED) is 0.116. The molecule has 0 rings (SSSR count). The molecule has 0 bridgehead atoms. The monoisotopic (exact) mass is 518 g/mol. The Balaban J connectivity index is 7.77. The second-order valence-corrected chi connectivity index (χ2v) is 10.00. The molecule has 0 fully saturated rings. The molecule has 0 spiro atoms. The SMILES string of the molecule is [3H]N(I)B(B(B(B([B])[B])B([B])[B])B(B([B])[B])B([B])[B])B(B(B([B])[B])B([B])[B])B(B([B])[B])B([B][B])B([B])[B]. The topological polar surface area (TPSA) is 12.0 Å². The van der Waals surface area contributed by atoms with Gasteiger partial charge in [-0.05, 0) is 0 Å². The minimum Gasteiger partial charge on any atom is -0.319 e. The average Bonchev–Trinajstić information content (AvgIpc) is 2.68. The Labute approximate surface area is 266 Å². The molecule has 0 atom stereocenters. The lowest BCUT2D eigenvalue weighted by molar-refractivity contribution is 1.79. The molecule has 0 saturated heterocycles. The van der Waals surface area contributed by atoms with Gasteiger partial charge in [-0.2, -0.15) is 0 Å². The summed E-state index contributed by atoms with van der Waals surface area (Å²) in [6.07, 6.45) is -15.6. The Hall–Kier alpha value is 2.90. The second kappa shape index (κ2) is 18.4. The van der Waals surface area contributed by atoms with Crippen LogP contribution in [0.25, 0.3) is 0 Å². The molecular weight excluding hydrogens is 509 g/mol. The van der Waals surface area contributed by atoms with Crippen molar-refractivity contribution in [3.05, 3.63) is 0 Å². The van der Waals surface area contributed by atoms with E-state index < -0.39 is 102 Å². The largest absolute Gasteiger partial charge is 0.319 e.